The van der Waals surface area contributed by atoms with Gasteiger partial charge in [0.15, 0.2) is 0 Å². The predicted molar refractivity (Wildman–Crippen MR) is 31.8 cm³/mol. The molecular formula is C5H9BF3K. The van der Waals surface area contributed by atoms with Crippen LogP contribution in [-0.2, 0) is 0 Å². The minimum absolute atomic E-state index is 0. The maximum absolute atomic E-state index is 9.67. The normalized spacial score (nSPS) is 14.7. The summed E-state index contributed by atoms with van der Waals surface area (Å²) in [5, 5.41) is 0. The van der Waals surface area contributed by atoms with Crippen molar-refractivity contribution in [2.45, 2.75) is 25.7 Å². The van der Waals surface area contributed by atoms with Crippen LogP contribution in [0.1, 0.15) is 25.7 Å². The molecule has 0 aromatic heterocycles. The van der Waals surface area contributed by atoms with E-state index in [2.05, 4.69) is 6.42 Å². The summed E-state index contributed by atoms with van der Waals surface area (Å²) in [6, 6.07) is 0. The number of rotatable bonds is 0. The van der Waals surface area contributed by atoms with Crippen molar-refractivity contribution >= 4 is 7.54 Å². The van der Waals surface area contributed by atoms with E-state index in [9.17, 15) is 12.9 Å². The molecule has 0 heterocycles. The molecule has 0 aromatic rings. The Morgan fingerprint density at radius 2 is 1.30 bits per heavy atom. The van der Waals surface area contributed by atoms with Crippen molar-refractivity contribution in [3.63, 3.8) is 0 Å². The van der Waals surface area contributed by atoms with E-state index in [4.69, 9.17) is 0 Å². The van der Waals surface area contributed by atoms with Gasteiger partial charge in [0, 0.05) is 0 Å². The van der Waals surface area contributed by atoms with E-state index in [-0.39, 0.29) is 51.4 Å². The molecule has 0 amide bonds. The van der Waals surface area contributed by atoms with Gasteiger partial charge in [-0.3, -0.25) is 12.9 Å². The van der Waals surface area contributed by atoms with E-state index in [1.54, 1.807) is 0 Å². The van der Waals surface area contributed by atoms with Crippen molar-refractivity contribution in [3.8, 4) is 0 Å². The van der Waals surface area contributed by atoms with Gasteiger partial charge < -0.3 is 6.42 Å². The average molecular weight is 176 g/mol. The third kappa shape index (κ3) is 16.2. The quantitative estimate of drug-likeness (QED) is 0.349. The monoisotopic (exact) mass is 176 g/mol. The fraction of sp³-hybridized carbons (Fsp3) is 0.800. The molecule has 1 aliphatic carbocycles. The summed E-state index contributed by atoms with van der Waals surface area (Å²) < 4.78 is 29.0. The molecule has 10 heavy (non-hydrogen) atoms. The summed E-state index contributed by atoms with van der Waals surface area (Å²) in [5.41, 5.74) is 0. The van der Waals surface area contributed by atoms with Crippen molar-refractivity contribution in [1.82, 2.24) is 0 Å². The molecule has 0 aromatic carbocycles. The van der Waals surface area contributed by atoms with Crippen LogP contribution in [0, 0.1) is 6.42 Å². The van der Waals surface area contributed by atoms with Gasteiger partial charge in [-0.05, 0) is 0 Å². The Hall–Kier alpha value is 1.49. The van der Waals surface area contributed by atoms with Crippen molar-refractivity contribution < 1.29 is 64.3 Å². The summed E-state index contributed by atoms with van der Waals surface area (Å²) in [7, 11) is -3.67. The molecule has 0 spiro atoms. The molecule has 0 aliphatic heterocycles. The van der Waals surface area contributed by atoms with Crippen LogP contribution >= 0.6 is 0 Å². The summed E-state index contributed by atoms with van der Waals surface area (Å²) in [6.45, 7) is 0. The molecule has 1 aliphatic rings. The molecule has 5 heteroatoms. The number of halogens is 3. The molecule has 1 rings (SSSR count). The smallest absolute Gasteiger partial charge is 0.328 e. The minimum Gasteiger partial charge on any atom is -0.328 e. The van der Waals surface area contributed by atoms with Gasteiger partial charge in [-0.15, -0.1) is 0 Å². The molecule has 0 atom stereocenters. The van der Waals surface area contributed by atoms with Crippen molar-refractivity contribution in [3.05, 3.63) is 6.42 Å². The van der Waals surface area contributed by atoms with Gasteiger partial charge in [0.1, 0.15) is 0 Å². The third-order valence-corrected chi connectivity index (χ3v) is 1.07. The van der Waals surface area contributed by atoms with E-state index >= 15 is 0 Å². The molecule has 0 N–H and O–H groups in total. The molecule has 0 bridgehead atoms. The second-order valence-electron chi connectivity index (χ2n) is 1.82. The second kappa shape index (κ2) is 10.5. The molecule has 0 unspecified atom stereocenters. The van der Waals surface area contributed by atoms with Gasteiger partial charge in [0.05, 0.1) is 0 Å². The van der Waals surface area contributed by atoms with E-state index in [1.165, 1.54) is 25.7 Å². The third-order valence-electron chi connectivity index (χ3n) is 1.07. The summed E-state index contributed by atoms with van der Waals surface area (Å²) >= 11 is 0. The van der Waals surface area contributed by atoms with Crippen LogP contribution in [0.2, 0.25) is 0 Å². The standard InChI is InChI=1S/C5H9.BF3.K/c1-2-4-5-3-1;2-1(3)4;/h1H,2-5H2;;/q-1;;+1. The zero-order valence-corrected chi connectivity index (χ0v) is 9.24. The van der Waals surface area contributed by atoms with Crippen LogP contribution in [-0.4, -0.2) is 7.54 Å². The first-order chi connectivity index (χ1) is 4.23. The molecular weight excluding hydrogens is 167 g/mol. The first kappa shape index (κ1) is 14.0. The summed E-state index contributed by atoms with van der Waals surface area (Å²) in [5.74, 6) is 0. The van der Waals surface area contributed by atoms with Crippen molar-refractivity contribution in [2.24, 2.45) is 0 Å². The van der Waals surface area contributed by atoms with E-state index in [1.807, 2.05) is 0 Å². The zero-order chi connectivity index (χ0) is 7.11. The Morgan fingerprint density at radius 1 is 1.00 bits per heavy atom. The molecule has 0 radical (unpaired) electrons. The maximum Gasteiger partial charge on any atom is 1.00 e. The van der Waals surface area contributed by atoms with E-state index < -0.39 is 7.54 Å². The fourth-order valence-electron chi connectivity index (χ4n) is 0.722. The topological polar surface area (TPSA) is 0 Å². The first-order valence-corrected chi connectivity index (χ1v) is 2.97. The summed E-state index contributed by atoms with van der Waals surface area (Å²) in [4.78, 5) is 0. The largest absolute Gasteiger partial charge is 1.00 e. The Kier molecular flexibility index (Phi) is 14.7. The number of hydrogen-bond donors (Lipinski definition) is 0. The van der Waals surface area contributed by atoms with E-state index in [0.29, 0.717) is 0 Å². The van der Waals surface area contributed by atoms with Crippen LogP contribution in [0.4, 0.5) is 12.9 Å². The molecule has 0 saturated heterocycles. The van der Waals surface area contributed by atoms with Gasteiger partial charge in [-0.1, -0.05) is 12.8 Å². The fourth-order valence-corrected chi connectivity index (χ4v) is 0.722. The van der Waals surface area contributed by atoms with Crippen LogP contribution in [0.15, 0.2) is 0 Å². The maximum atomic E-state index is 9.67. The molecule has 54 valence electrons. The van der Waals surface area contributed by atoms with Crippen LogP contribution in [0.25, 0.3) is 0 Å². The van der Waals surface area contributed by atoms with Crippen LogP contribution in [0.5, 0.6) is 0 Å². The van der Waals surface area contributed by atoms with E-state index in [0.717, 1.165) is 0 Å². The zero-order valence-electron chi connectivity index (χ0n) is 6.12. The van der Waals surface area contributed by atoms with Gasteiger partial charge >= 0.3 is 58.9 Å². The average Bonchev–Trinajstić information content (AvgIpc) is 2.11. The van der Waals surface area contributed by atoms with Gasteiger partial charge in [0.25, 0.3) is 0 Å². The second-order valence-corrected chi connectivity index (χ2v) is 1.82. The molecule has 1 fully saturated rings. The van der Waals surface area contributed by atoms with Gasteiger partial charge in [0.2, 0.25) is 0 Å². The van der Waals surface area contributed by atoms with Gasteiger partial charge in [-0.2, -0.15) is 12.8 Å². The van der Waals surface area contributed by atoms with Crippen molar-refractivity contribution in [1.29, 1.82) is 0 Å². The van der Waals surface area contributed by atoms with Crippen LogP contribution in [0.3, 0.4) is 0 Å². The summed E-state index contributed by atoms with van der Waals surface area (Å²) in [6.07, 6.45) is 8.00. The Labute approximate surface area is 103 Å². The molecule has 0 nitrogen and oxygen atoms in total. The predicted octanol–water partition coefficient (Wildman–Crippen LogP) is -0.352. The Balaban J connectivity index is 0. The molecule has 1 saturated carbocycles. The Bertz CT molecular complexity index is 48.5. The Morgan fingerprint density at radius 3 is 1.40 bits per heavy atom. The number of hydrogen-bond acceptors (Lipinski definition) is 0. The SMILES string of the molecule is FB(F)F.[CH-]1CCCC1.[K+]. The van der Waals surface area contributed by atoms with Crippen molar-refractivity contribution in [2.75, 3.05) is 0 Å². The first-order valence-electron chi connectivity index (χ1n) is 2.97. The van der Waals surface area contributed by atoms with Gasteiger partial charge in [-0.25, -0.2) is 0 Å². The minimum atomic E-state index is -3.67. The van der Waals surface area contributed by atoms with Crippen LogP contribution < -0.4 is 51.4 Å².